The summed E-state index contributed by atoms with van der Waals surface area (Å²) in [5.74, 6) is 0. The van der Waals surface area contributed by atoms with Crippen LogP contribution in [0.1, 0.15) is 24.8 Å². The van der Waals surface area contributed by atoms with Gasteiger partial charge >= 0.3 is 0 Å². The Morgan fingerprint density at radius 1 is 1.44 bits per heavy atom. The van der Waals surface area contributed by atoms with Gasteiger partial charge in [0.1, 0.15) is 4.60 Å². The Labute approximate surface area is 112 Å². The molecular weight excluding hydrogens is 338 g/mol. The molecule has 1 unspecified atom stereocenters. The van der Waals surface area contributed by atoms with E-state index in [0.29, 0.717) is 6.61 Å². The predicted octanol–water partition coefficient (Wildman–Crippen LogP) is 3.65. The Kier molecular flexibility index (Phi) is 4.76. The van der Waals surface area contributed by atoms with Gasteiger partial charge < -0.3 is 9.47 Å². The third-order valence-corrected chi connectivity index (χ3v) is 3.59. The molecule has 0 aromatic carbocycles. The van der Waals surface area contributed by atoms with Gasteiger partial charge in [-0.2, -0.15) is 0 Å². The molecular formula is C11H13Br2NO2. The first kappa shape index (κ1) is 12.5. The second kappa shape index (κ2) is 6.10. The fourth-order valence-corrected chi connectivity index (χ4v) is 2.30. The highest BCUT2D eigenvalue weighted by atomic mass is 79.9. The molecule has 1 saturated heterocycles. The number of hydrogen-bond acceptors (Lipinski definition) is 3. The van der Waals surface area contributed by atoms with E-state index in [4.69, 9.17) is 9.47 Å². The average Bonchev–Trinajstić information content (AvgIpc) is 2.32. The van der Waals surface area contributed by atoms with Gasteiger partial charge in [-0.3, -0.25) is 0 Å². The molecule has 0 spiro atoms. The monoisotopic (exact) mass is 349 g/mol. The number of rotatable bonds is 3. The second-order valence-electron chi connectivity index (χ2n) is 3.71. The Morgan fingerprint density at radius 3 is 3.06 bits per heavy atom. The maximum absolute atomic E-state index is 5.69. The molecule has 1 aliphatic rings. The lowest BCUT2D eigenvalue weighted by atomic mass is 10.2. The minimum atomic E-state index is -0.0559. The highest BCUT2D eigenvalue weighted by Crippen LogP contribution is 2.21. The summed E-state index contributed by atoms with van der Waals surface area (Å²) in [5.41, 5.74) is 1.03. The topological polar surface area (TPSA) is 31.4 Å². The Morgan fingerprint density at radius 2 is 2.31 bits per heavy atom. The van der Waals surface area contributed by atoms with Gasteiger partial charge in [0.25, 0.3) is 0 Å². The lowest BCUT2D eigenvalue weighted by Crippen LogP contribution is -2.22. The quantitative estimate of drug-likeness (QED) is 0.780. The van der Waals surface area contributed by atoms with Crippen molar-refractivity contribution in [2.24, 2.45) is 0 Å². The summed E-state index contributed by atoms with van der Waals surface area (Å²) < 4.78 is 13.0. The summed E-state index contributed by atoms with van der Waals surface area (Å²) in [4.78, 5) is 4.19. The van der Waals surface area contributed by atoms with Crippen LogP contribution in [0.5, 0.6) is 0 Å². The molecule has 0 bridgehead atoms. The average molecular weight is 351 g/mol. The minimum absolute atomic E-state index is 0.0559. The Bertz CT molecular complexity index is 354. The molecule has 5 heteroatoms. The Balaban J connectivity index is 1.90. The molecule has 0 saturated carbocycles. The summed E-state index contributed by atoms with van der Waals surface area (Å²) in [6.45, 7) is 1.33. The van der Waals surface area contributed by atoms with Gasteiger partial charge in [0.15, 0.2) is 6.29 Å². The van der Waals surface area contributed by atoms with Crippen molar-refractivity contribution in [3.05, 3.63) is 26.9 Å². The summed E-state index contributed by atoms with van der Waals surface area (Å²) in [5, 5.41) is 0. The van der Waals surface area contributed by atoms with Crippen molar-refractivity contribution in [3.8, 4) is 0 Å². The molecule has 16 heavy (non-hydrogen) atoms. The lowest BCUT2D eigenvalue weighted by molar-refractivity contribution is -0.169. The van der Waals surface area contributed by atoms with Crippen molar-refractivity contribution < 1.29 is 9.47 Å². The van der Waals surface area contributed by atoms with Crippen LogP contribution in [-0.2, 0) is 16.1 Å². The smallest absolute Gasteiger partial charge is 0.158 e. The van der Waals surface area contributed by atoms with Gasteiger partial charge in [-0.05, 0) is 57.2 Å². The maximum Gasteiger partial charge on any atom is 0.158 e. The normalized spacial score (nSPS) is 21.0. The van der Waals surface area contributed by atoms with E-state index in [2.05, 4.69) is 36.8 Å². The molecule has 1 fully saturated rings. The van der Waals surface area contributed by atoms with Crippen LogP contribution in [0.15, 0.2) is 21.3 Å². The van der Waals surface area contributed by atoms with Gasteiger partial charge in [-0.15, -0.1) is 0 Å². The number of nitrogens with zero attached hydrogens (tertiary/aromatic N) is 1. The first-order valence-corrected chi connectivity index (χ1v) is 6.87. The molecule has 2 rings (SSSR count). The van der Waals surface area contributed by atoms with Crippen molar-refractivity contribution in [3.63, 3.8) is 0 Å². The molecule has 1 aromatic heterocycles. The summed E-state index contributed by atoms with van der Waals surface area (Å²) >= 11 is 6.79. The first-order valence-electron chi connectivity index (χ1n) is 5.29. The number of halogens is 2. The Hall–Kier alpha value is 0.0300. The number of aromatic nitrogens is 1. The van der Waals surface area contributed by atoms with Gasteiger partial charge in [0.05, 0.1) is 6.61 Å². The summed E-state index contributed by atoms with van der Waals surface area (Å²) in [7, 11) is 0. The van der Waals surface area contributed by atoms with E-state index >= 15 is 0 Å². The summed E-state index contributed by atoms with van der Waals surface area (Å²) in [6, 6.07) is 2.00. The van der Waals surface area contributed by atoms with E-state index in [1.165, 1.54) is 6.42 Å². The van der Waals surface area contributed by atoms with Crippen LogP contribution in [0.3, 0.4) is 0 Å². The van der Waals surface area contributed by atoms with Gasteiger partial charge in [0, 0.05) is 22.8 Å². The molecule has 1 aliphatic heterocycles. The molecule has 1 aromatic rings. The highest BCUT2D eigenvalue weighted by Gasteiger charge is 2.14. The zero-order valence-corrected chi connectivity index (χ0v) is 12.0. The molecule has 88 valence electrons. The summed E-state index contributed by atoms with van der Waals surface area (Å²) in [6.07, 6.45) is 5.01. The number of pyridine rings is 1. The maximum atomic E-state index is 5.69. The minimum Gasteiger partial charge on any atom is -0.353 e. The van der Waals surface area contributed by atoms with Gasteiger partial charge in [0.2, 0.25) is 0 Å². The number of ether oxygens (including phenoxy) is 2. The van der Waals surface area contributed by atoms with Crippen LogP contribution < -0.4 is 0 Å². The SMILES string of the molecule is Brc1cnc(Br)c(COC2CCCCO2)c1. The van der Waals surface area contributed by atoms with Crippen molar-refractivity contribution in [1.29, 1.82) is 0 Å². The van der Waals surface area contributed by atoms with Crippen molar-refractivity contribution in [1.82, 2.24) is 4.98 Å². The molecule has 0 aliphatic carbocycles. The van der Waals surface area contributed by atoms with E-state index in [0.717, 1.165) is 34.1 Å². The van der Waals surface area contributed by atoms with Crippen LogP contribution in [-0.4, -0.2) is 17.9 Å². The zero-order chi connectivity index (χ0) is 11.4. The fourth-order valence-electron chi connectivity index (χ4n) is 1.59. The predicted molar refractivity (Wildman–Crippen MR) is 68.0 cm³/mol. The van der Waals surface area contributed by atoms with Crippen LogP contribution in [0.4, 0.5) is 0 Å². The van der Waals surface area contributed by atoms with E-state index in [9.17, 15) is 0 Å². The molecule has 0 amide bonds. The molecule has 3 nitrogen and oxygen atoms in total. The molecule has 2 heterocycles. The first-order chi connectivity index (χ1) is 7.75. The van der Waals surface area contributed by atoms with E-state index in [-0.39, 0.29) is 6.29 Å². The second-order valence-corrected chi connectivity index (χ2v) is 5.38. The van der Waals surface area contributed by atoms with Crippen LogP contribution in [0.25, 0.3) is 0 Å². The van der Waals surface area contributed by atoms with Crippen LogP contribution in [0, 0.1) is 0 Å². The highest BCUT2D eigenvalue weighted by molar-refractivity contribution is 9.11. The molecule has 0 N–H and O–H groups in total. The van der Waals surface area contributed by atoms with Crippen molar-refractivity contribution in [2.75, 3.05) is 6.61 Å². The largest absolute Gasteiger partial charge is 0.353 e. The van der Waals surface area contributed by atoms with E-state index in [1.54, 1.807) is 6.20 Å². The zero-order valence-electron chi connectivity index (χ0n) is 8.79. The van der Waals surface area contributed by atoms with Crippen molar-refractivity contribution >= 4 is 31.9 Å². The fraction of sp³-hybridized carbons (Fsp3) is 0.545. The molecule has 0 radical (unpaired) electrons. The van der Waals surface area contributed by atoms with Crippen molar-refractivity contribution in [2.45, 2.75) is 32.2 Å². The van der Waals surface area contributed by atoms with Crippen LogP contribution in [0.2, 0.25) is 0 Å². The number of hydrogen-bond donors (Lipinski definition) is 0. The molecule has 1 atom stereocenters. The lowest BCUT2D eigenvalue weighted by Gasteiger charge is -2.22. The van der Waals surface area contributed by atoms with E-state index in [1.807, 2.05) is 6.07 Å². The van der Waals surface area contributed by atoms with Crippen LogP contribution >= 0.6 is 31.9 Å². The van der Waals surface area contributed by atoms with Gasteiger partial charge in [-0.25, -0.2) is 4.98 Å². The third-order valence-electron chi connectivity index (χ3n) is 2.44. The van der Waals surface area contributed by atoms with E-state index < -0.39 is 0 Å². The van der Waals surface area contributed by atoms with Gasteiger partial charge in [-0.1, -0.05) is 0 Å². The standard InChI is InChI=1S/C11H13Br2NO2/c12-9-5-8(11(13)14-6-9)7-16-10-3-1-2-4-15-10/h5-6,10H,1-4,7H2. The third kappa shape index (κ3) is 3.52.